The maximum atomic E-state index is 5.12. The minimum Gasteiger partial charge on any atom is -0.380 e. The molecular weight excluding hydrogens is 294 g/mol. The Morgan fingerprint density at radius 3 is 2.50 bits per heavy atom. The molecule has 5 heteroatoms. The molecule has 0 bridgehead atoms. The molecule has 22 heavy (non-hydrogen) atoms. The third kappa shape index (κ3) is 8.29. The second kappa shape index (κ2) is 12.4. The number of thioether (sulfide) groups is 1. The summed E-state index contributed by atoms with van der Waals surface area (Å²) in [7, 11) is 1.71. The lowest BCUT2D eigenvalue weighted by atomic mass is 10.1. The van der Waals surface area contributed by atoms with Crippen molar-refractivity contribution in [1.82, 2.24) is 10.6 Å². The van der Waals surface area contributed by atoms with E-state index in [0.717, 1.165) is 19.0 Å². The highest BCUT2D eigenvalue weighted by molar-refractivity contribution is 7.98. The van der Waals surface area contributed by atoms with Gasteiger partial charge in [0.05, 0.1) is 13.2 Å². The van der Waals surface area contributed by atoms with Crippen LogP contribution in [0.5, 0.6) is 0 Å². The average Bonchev–Trinajstić information content (AvgIpc) is 2.54. The summed E-state index contributed by atoms with van der Waals surface area (Å²) in [6.45, 7) is 5.28. The van der Waals surface area contributed by atoms with E-state index in [1.807, 2.05) is 11.8 Å². The van der Waals surface area contributed by atoms with Gasteiger partial charge in [0.2, 0.25) is 0 Å². The predicted molar refractivity (Wildman–Crippen MR) is 97.6 cm³/mol. The normalized spacial score (nSPS) is 11.5. The summed E-state index contributed by atoms with van der Waals surface area (Å²) in [6, 6.07) is 8.41. The van der Waals surface area contributed by atoms with Gasteiger partial charge in [0.25, 0.3) is 0 Å². The van der Waals surface area contributed by atoms with E-state index in [1.54, 1.807) is 7.11 Å². The molecule has 0 aliphatic heterocycles. The van der Waals surface area contributed by atoms with Gasteiger partial charge in [-0.15, -0.1) is 0 Å². The molecular formula is C17H29N3OS. The third-order valence-corrected chi connectivity index (χ3v) is 3.86. The van der Waals surface area contributed by atoms with Crippen molar-refractivity contribution in [2.75, 3.05) is 32.2 Å². The monoisotopic (exact) mass is 323 g/mol. The number of hydrogen-bond donors (Lipinski definition) is 2. The molecule has 0 aliphatic rings. The Morgan fingerprint density at radius 2 is 1.86 bits per heavy atom. The van der Waals surface area contributed by atoms with Crippen molar-refractivity contribution in [2.24, 2.45) is 4.99 Å². The quantitative estimate of drug-likeness (QED) is 0.395. The lowest BCUT2D eigenvalue weighted by Crippen LogP contribution is -2.37. The van der Waals surface area contributed by atoms with Crippen LogP contribution in [0.15, 0.2) is 29.3 Å². The van der Waals surface area contributed by atoms with E-state index in [1.165, 1.54) is 29.7 Å². The Morgan fingerprint density at radius 1 is 1.14 bits per heavy atom. The highest BCUT2D eigenvalue weighted by atomic mass is 32.2. The molecule has 0 aromatic heterocycles. The van der Waals surface area contributed by atoms with Crippen LogP contribution in [-0.4, -0.2) is 38.2 Å². The topological polar surface area (TPSA) is 45.7 Å². The first-order valence-corrected chi connectivity index (χ1v) is 9.27. The molecule has 124 valence electrons. The maximum absolute atomic E-state index is 5.12. The Labute approximate surface area is 139 Å². The standard InChI is InChI=1S/C17H29N3OS/c1-4-18-17(19-11-5-6-12-22-3)20-13-15-7-9-16(10-8-15)14-21-2/h7-10H,4-6,11-14H2,1-3H3,(H2,18,19,20). The minimum absolute atomic E-state index is 0.657. The molecule has 0 radical (unpaired) electrons. The second-order valence-corrected chi connectivity index (χ2v) is 6.06. The fourth-order valence-electron chi connectivity index (χ4n) is 2.00. The number of methoxy groups -OCH3 is 1. The molecule has 0 spiro atoms. The van der Waals surface area contributed by atoms with E-state index >= 15 is 0 Å². The van der Waals surface area contributed by atoms with Crippen LogP contribution in [0.4, 0.5) is 0 Å². The highest BCUT2D eigenvalue weighted by Crippen LogP contribution is 2.06. The third-order valence-electron chi connectivity index (χ3n) is 3.17. The van der Waals surface area contributed by atoms with Crippen molar-refractivity contribution in [3.63, 3.8) is 0 Å². The van der Waals surface area contributed by atoms with Crippen LogP contribution >= 0.6 is 11.8 Å². The average molecular weight is 324 g/mol. The van der Waals surface area contributed by atoms with Crippen molar-refractivity contribution in [3.8, 4) is 0 Å². The van der Waals surface area contributed by atoms with Crippen molar-refractivity contribution in [3.05, 3.63) is 35.4 Å². The van der Waals surface area contributed by atoms with E-state index in [4.69, 9.17) is 4.74 Å². The van der Waals surface area contributed by atoms with Crippen LogP contribution in [0.1, 0.15) is 30.9 Å². The number of benzene rings is 1. The van der Waals surface area contributed by atoms with Gasteiger partial charge in [0.1, 0.15) is 0 Å². The minimum atomic E-state index is 0.657. The number of nitrogens with one attached hydrogen (secondary N) is 2. The van der Waals surface area contributed by atoms with Crippen molar-refractivity contribution in [1.29, 1.82) is 0 Å². The maximum Gasteiger partial charge on any atom is 0.191 e. The van der Waals surface area contributed by atoms with Gasteiger partial charge >= 0.3 is 0 Å². The van der Waals surface area contributed by atoms with E-state index in [0.29, 0.717) is 13.2 Å². The van der Waals surface area contributed by atoms with Crippen molar-refractivity contribution in [2.45, 2.75) is 32.9 Å². The summed E-state index contributed by atoms with van der Waals surface area (Å²) >= 11 is 1.90. The first-order chi connectivity index (χ1) is 10.8. The number of nitrogens with zero attached hydrogens (tertiary/aromatic N) is 1. The van der Waals surface area contributed by atoms with Gasteiger partial charge < -0.3 is 15.4 Å². The van der Waals surface area contributed by atoms with Crippen LogP contribution in [0.3, 0.4) is 0 Å². The number of rotatable bonds is 10. The molecule has 0 heterocycles. The van der Waals surface area contributed by atoms with Crippen molar-refractivity contribution >= 4 is 17.7 Å². The second-order valence-electron chi connectivity index (χ2n) is 5.07. The zero-order valence-corrected chi connectivity index (χ0v) is 14.8. The largest absolute Gasteiger partial charge is 0.380 e. The SMILES string of the molecule is CCNC(=NCc1ccc(COC)cc1)NCCCCSC. The number of aliphatic imine (C=N–C) groups is 1. The molecule has 0 fully saturated rings. The van der Waals surface area contributed by atoms with Crippen LogP contribution in [0, 0.1) is 0 Å². The van der Waals surface area contributed by atoms with Gasteiger partial charge in [-0.2, -0.15) is 11.8 Å². The van der Waals surface area contributed by atoms with Crippen LogP contribution in [-0.2, 0) is 17.9 Å². The van der Waals surface area contributed by atoms with Crippen LogP contribution < -0.4 is 10.6 Å². The summed E-state index contributed by atoms with van der Waals surface area (Å²) in [5, 5.41) is 6.68. The molecule has 1 aromatic carbocycles. The van der Waals surface area contributed by atoms with Gasteiger partial charge in [0.15, 0.2) is 5.96 Å². The van der Waals surface area contributed by atoms with Crippen LogP contribution in [0.25, 0.3) is 0 Å². The number of ether oxygens (including phenoxy) is 1. The van der Waals surface area contributed by atoms with E-state index < -0.39 is 0 Å². The summed E-state index contributed by atoms with van der Waals surface area (Å²) in [4.78, 5) is 4.64. The number of unbranched alkanes of at least 4 members (excludes halogenated alkanes) is 1. The fourth-order valence-corrected chi connectivity index (χ4v) is 2.49. The van der Waals surface area contributed by atoms with Gasteiger partial charge in [-0.3, -0.25) is 0 Å². The van der Waals surface area contributed by atoms with E-state index in [2.05, 4.69) is 53.1 Å². The fraction of sp³-hybridized carbons (Fsp3) is 0.588. The van der Waals surface area contributed by atoms with Gasteiger partial charge in [-0.1, -0.05) is 24.3 Å². The molecule has 0 saturated heterocycles. The van der Waals surface area contributed by atoms with Crippen LogP contribution in [0.2, 0.25) is 0 Å². The molecule has 0 aliphatic carbocycles. The zero-order valence-electron chi connectivity index (χ0n) is 14.0. The summed E-state index contributed by atoms with van der Waals surface area (Å²) in [5.74, 6) is 2.12. The highest BCUT2D eigenvalue weighted by Gasteiger charge is 1.98. The molecule has 0 atom stereocenters. The van der Waals surface area contributed by atoms with Gasteiger partial charge in [-0.05, 0) is 42.9 Å². The molecule has 1 rings (SSSR count). The van der Waals surface area contributed by atoms with E-state index in [-0.39, 0.29) is 0 Å². The Kier molecular flexibility index (Phi) is 10.6. The first-order valence-electron chi connectivity index (χ1n) is 7.88. The van der Waals surface area contributed by atoms with Crippen molar-refractivity contribution < 1.29 is 4.74 Å². The van der Waals surface area contributed by atoms with Gasteiger partial charge in [-0.25, -0.2) is 4.99 Å². The Bertz CT molecular complexity index is 420. The molecule has 0 unspecified atom stereocenters. The zero-order chi connectivity index (χ0) is 16.0. The lowest BCUT2D eigenvalue weighted by Gasteiger charge is -2.11. The molecule has 1 aromatic rings. The first kappa shape index (κ1) is 18.8. The summed E-state index contributed by atoms with van der Waals surface area (Å²) < 4.78 is 5.12. The summed E-state index contributed by atoms with van der Waals surface area (Å²) in [6.07, 6.45) is 4.57. The van der Waals surface area contributed by atoms with E-state index in [9.17, 15) is 0 Å². The predicted octanol–water partition coefficient (Wildman–Crippen LogP) is 3.03. The smallest absolute Gasteiger partial charge is 0.191 e. The molecule has 4 nitrogen and oxygen atoms in total. The van der Waals surface area contributed by atoms with Gasteiger partial charge in [0, 0.05) is 20.2 Å². The Balaban J connectivity index is 2.43. The number of guanidine groups is 1. The Hall–Kier alpha value is -1.20. The molecule has 2 N–H and O–H groups in total. The molecule has 0 amide bonds. The lowest BCUT2D eigenvalue weighted by molar-refractivity contribution is 0.185. The number of hydrogen-bond acceptors (Lipinski definition) is 3. The summed E-state index contributed by atoms with van der Waals surface area (Å²) in [5.41, 5.74) is 2.40. The molecule has 0 saturated carbocycles.